The van der Waals surface area contributed by atoms with E-state index in [1.807, 2.05) is 35.8 Å². The highest BCUT2D eigenvalue weighted by Gasteiger charge is 2.03. The Morgan fingerprint density at radius 1 is 1.41 bits per heavy atom. The first-order chi connectivity index (χ1) is 8.31. The van der Waals surface area contributed by atoms with Crippen LogP contribution in [0.4, 0.5) is 0 Å². The molecule has 0 aliphatic rings. The molecule has 0 amide bonds. The number of esters is 1. The Kier molecular flexibility index (Phi) is 3.75. The van der Waals surface area contributed by atoms with Gasteiger partial charge in [0.1, 0.15) is 6.61 Å². The molecule has 0 aliphatic heterocycles. The van der Waals surface area contributed by atoms with Gasteiger partial charge in [0, 0.05) is 6.42 Å². The van der Waals surface area contributed by atoms with Crippen molar-refractivity contribution in [3.05, 3.63) is 30.6 Å². The number of para-hydroxylation sites is 2. The maximum Gasteiger partial charge on any atom is 0.305 e. The average Bonchev–Trinajstić information content (AvgIpc) is 2.73. The molecule has 1 aromatic carbocycles. The largest absolute Gasteiger partial charge is 0.464 e. The maximum atomic E-state index is 11.2. The van der Waals surface area contributed by atoms with Gasteiger partial charge < -0.3 is 9.30 Å². The molecule has 0 N–H and O–H groups in total. The average molecular weight is 232 g/mol. The zero-order valence-electron chi connectivity index (χ0n) is 9.93. The van der Waals surface area contributed by atoms with Gasteiger partial charge in [-0.1, -0.05) is 19.1 Å². The second kappa shape index (κ2) is 5.48. The van der Waals surface area contributed by atoms with Gasteiger partial charge in [0.2, 0.25) is 0 Å². The quantitative estimate of drug-likeness (QED) is 0.743. The third-order valence-electron chi connectivity index (χ3n) is 2.58. The Hall–Kier alpha value is -1.84. The second-order valence-corrected chi connectivity index (χ2v) is 3.90. The number of fused-ring (bicyclic) bond motifs is 1. The number of ether oxygens (including phenoxy) is 1. The normalized spacial score (nSPS) is 10.6. The van der Waals surface area contributed by atoms with Gasteiger partial charge in [0.25, 0.3) is 0 Å². The van der Waals surface area contributed by atoms with Crippen LogP contribution >= 0.6 is 0 Å². The molecule has 1 aromatic heterocycles. The lowest BCUT2D eigenvalue weighted by atomic mass is 10.3. The van der Waals surface area contributed by atoms with E-state index in [0.717, 1.165) is 17.5 Å². The minimum absolute atomic E-state index is 0.128. The van der Waals surface area contributed by atoms with E-state index in [1.165, 1.54) is 0 Å². The summed E-state index contributed by atoms with van der Waals surface area (Å²) in [5.41, 5.74) is 2.03. The third-order valence-corrected chi connectivity index (χ3v) is 2.58. The monoisotopic (exact) mass is 232 g/mol. The number of benzene rings is 1. The summed E-state index contributed by atoms with van der Waals surface area (Å²) in [5.74, 6) is -0.128. The molecule has 0 saturated heterocycles. The number of nitrogens with zero attached hydrogens (tertiary/aromatic N) is 2. The Balaban J connectivity index is 1.93. The third kappa shape index (κ3) is 2.84. The number of imidazole rings is 1. The minimum atomic E-state index is -0.128. The molecule has 2 rings (SSSR count). The predicted molar refractivity (Wildman–Crippen MR) is 65.6 cm³/mol. The van der Waals surface area contributed by atoms with Crippen LogP contribution in [0.2, 0.25) is 0 Å². The van der Waals surface area contributed by atoms with Crippen LogP contribution in [0.1, 0.15) is 19.8 Å². The van der Waals surface area contributed by atoms with Gasteiger partial charge in [-0.05, 0) is 18.6 Å². The summed E-state index contributed by atoms with van der Waals surface area (Å²) in [5, 5.41) is 0. The standard InChI is InChI=1S/C13H16N2O2/c1-2-5-13(16)17-9-8-15-10-14-11-6-3-4-7-12(11)15/h3-4,6-7,10H,2,5,8-9H2,1H3. The smallest absolute Gasteiger partial charge is 0.305 e. The van der Waals surface area contributed by atoms with Gasteiger partial charge in [-0.15, -0.1) is 0 Å². The molecule has 0 fully saturated rings. The van der Waals surface area contributed by atoms with E-state index in [2.05, 4.69) is 4.98 Å². The molecule has 4 heteroatoms. The first-order valence-corrected chi connectivity index (χ1v) is 5.86. The molecular weight excluding hydrogens is 216 g/mol. The van der Waals surface area contributed by atoms with E-state index in [1.54, 1.807) is 6.33 Å². The highest BCUT2D eigenvalue weighted by atomic mass is 16.5. The van der Waals surface area contributed by atoms with E-state index in [-0.39, 0.29) is 5.97 Å². The van der Waals surface area contributed by atoms with Crippen molar-refractivity contribution in [3.63, 3.8) is 0 Å². The Morgan fingerprint density at radius 2 is 2.24 bits per heavy atom. The van der Waals surface area contributed by atoms with E-state index in [0.29, 0.717) is 19.6 Å². The number of rotatable bonds is 5. The van der Waals surface area contributed by atoms with Crippen LogP contribution in [-0.4, -0.2) is 22.1 Å². The van der Waals surface area contributed by atoms with Crippen molar-refractivity contribution in [1.29, 1.82) is 0 Å². The van der Waals surface area contributed by atoms with E-state index >= 15 is 0 Å². The summed E-state index contributed by atoms with van der Waals surface area (Å²) in [6.45, 7) is 3.01. The van der Waals surface area contributed by atoms with Crippen molar-refractivity contribution in [2.45, 2.75) is 26.3 Å². The van der Waals surface area contributed by atoms with Crippen molar-refractivity contribution in [1.82, 2.24) is 9.55 Å². The zero-order valence-corrected chi connectivity index (χ0v) is 9.93. The molecule has 2 aromatic rings. The first kappa shape index (κ1) is 11.6. The molecule has 1 heterocycles. The lowest BCUT2D eigenvalue weighted by molar-refractivity contribution is -0.143. The van der Waals surface area contributed by atoms with E-state index < -0.39 is 0 Å². The predicted octanol–water partition coefficient (Wildman–Crippen LogP) is 2.38. The van der Waals surface area contributed by atoms with Crippen molar-refractivity contribution in [3.8, 4) is 0 Å². The topological polar surface area (TPSA) is 44.1 Å². The fourth-order valence-electron chi connectivity index (χ4n) is 1.72. The molecule has 0 radical (unpaired) electrons. The molecule has 0 bridgehead atoms. The lowest BCUT2D eigenvalue weighted by Crippen LogP contribution is -2.10. The molecular formula is C13H16N2O2. The van der Waals surface area contributed by atoms with Crippen molar-refractivity contribution >= 4 is 17.0 Å². The van der Waals surface area contributed by atoms with Crippen LogP contribution in [0.15, 0.2) is 30.6 Å². The second-order valence-electron chi connectivity index (χ2n) is 3.90. The molecule has 0 aliphatic carbocycles. The summed E-state index contributed by atoms with van der Waals surface area (Å²) >= 11 is 0. The highest BCUT2D eigenvalue weighted by molar-refractivity contribution is 5.74. The van der Waals surface area contributed by atoms with Gasteiger partial charge in [-0.2, -0.15) is 0 Å². The number of hydrogen-bond donors (Lipinski definition) is 0. The highest BCUT2D eigenvalue weighted by Crippen LogP contribution is 2.11. The minimum Gasteiger partial charge on any atom is -0.464 e. The van der Waals surface area contributed by atoms with Gasteiger partial charge in [-0.25, -0.2) is 4.98 Å². The molecule has 17 heavy (non-hydrogen) atoms. The Bertz CT molecular complexity index is 505. The first-order valence-electron chi connectivity index (χ1n) is 5.86. The van der Waals surface area contributed by atoms with Crippen LogP contribution in [0.3, 0.4) is 0 Å². The van der Waals surface area contributed by atoms with Crippen LogP contribution < -0.4 is 0 Å². The number of carbonyl (C=O) groups is 1. The summed E-state index contributed by atoms with van der Waals surface area (Å²) < 4.78 is 7.11. The molecule has 0 unspecified atom stereocenters. The summed E-state index contributed by atoms with van der Waals surface area (Å²) in [4.78, 5) is 15.5. The molecule has 0 spiro atoms. The molecule has 0 saturated carbocycles. The zero-order chi connectivity index (χ0) is 12.1. The van der Waals surface area contributed by atoms with Gasteiger partial charge in [-0.3, -0.25) is 4.79 Å². The fraction of sp³-hybridized carbons (Fsp3) is 0.385. The summed E-state index contributed by atoms with van der Waals surface area (Å²) in [6.07, 6.45) is 3.09. The van der Waals surface area contributed by atoms with Crippen LogP contribution in [0.5, 0.6) is 0 Å². The van der Waals surface area contributed by atoms with E-state index in [9.17, 15) is 4.79 Å². The number of hydrogen-bond acceptors (Lipinski definition) is 3. The van der Waals surface area contributed by atoms with Crippen molar-refractivity contribution in [2.75, 3.05) is 6.61 Å². The summed E-state index contributed by atoms with van der Waals surface area (Å²) in [7, 11) is 0. The van der Waals surface area contributed by atoms with Crippen molar-refractivity contribution in [2.24, 2.45) is 0 Å². The van der Waals surface area contributed by atoms with Gasteiger partial charge in [0.05, 0.1) is 23.9 Å². The molecule has 0 atom stereocenters. The molecule has 4 nitrogen and oxygen atoms in total. The SMILES string of the molecule is CCCC(=O)OCCn1cnc2ccccc21. The summed E-state index contributed by atoms with van der Waals surface area (Å²) in [6, 6.07) is 7.91. The Morgan fingerprint density at radius 3 is 3.06 bits per heavy atom. The maximum absolute atomic E-state index is 11.2. The van der Waals surface area contributed by atoms with Crippen LogP contribution in [0.25, 0.3) is 11.0 Å². The van der Waals surface area contributed by atoms with Crippen molar-refractivity contribution < 1.29 is 9.53 Å². The van der Waals surface area contributed by atoms with Crippen LogP contribution in [0, 0.1) is 0 Å². The number of carbonyl (C=O) groups excluding carboxylic acids is 1. The van der Waals surface area contributed by atoms with Crippen LogP contribution in [-0.2, 0) is 16.1 Å². The van der Waals surface area contributed by atoms with Gasteiger partial charge in [0.15, 0.2) is 0 Å². The number of aromatic nitrogens is 2. The Labute approximate surface area is 100 Å². The molecule has 90 valence electrons. The lowest BCUT2D eigenvalue weighted by Gasteiger charge is -2.05. The fourth-order valence-corrected chi connectivity index (χ4v) is 1.72. The van der Waals surface area contributed by atoms with Gasteiger partial charge >= 0.3 is 5.97 Å². The van der Waals surface area contributed by atoms with E-state index in [4.69, 9.17) is 4.74 Å².